The first-order valence-electron chi connectivity index (χ1n) is 10.7. The molecule has 33 heavy (non-hydrogen) atoms. The lowest BCUT2D eigenvalue weighted by atomic mass is 9.97. The summed E-state index contributed by atoms with van der Waals surface area (Å²) in [6, 6.07) is 12.6. The molecule has 3 aromatic rings. The van der Waals surface area contributed by atoms with Crippen molar-refractivity contribution in [1.29, 1.82) is 0 Å². The van der Waals surface area contributed by atoms with Crippen LogP contribution in [0.2, 0.25) is 0 Å². The molecular weight excluding hydrogens is 438 g/mol. The molecule has 7 heteroatoms. The number of para-hydroxylation sites is 2. The number of phenols is 1. The molecule has 1 saturated heterocycles. The number of amides is 1. The highest BCUT2D eigenvalue weighted by molar-refractivity contribution is 7.10. The van der Waals surface area contributed by atoms with E-state index in [1.165, 1.54) is 22.3 Å². The molecule has 0 aliphatic carbocycles. The van der Waals surface area contributed by atoms with Crippen LogP contribution in [-0.4, -0.2) is 28.5 Å². The van der Waals surface area contributed by atoms with Crippen molar-refractivity contribution in [2.24, 2.45) is 0 Å². The molecule has 6 nitrogen and oxygen atoms in total. The second kappa shape index (κ2) is 9.11. The quantitative estimate of drug-likeness (QED) is 0.287. The Morgan fingerprint density at radius 3 is 2.48 bits per heavy atom. The molecule has 2 N–H and O–H groups in total. The van der Waals surface area contributed by atoms with Gasteiger partial charge in [0, 0.05) is 10.4 Å². The van der Waals surface area contributed by atoms with Crippen molar-refractivity contribution in [3.8, 4) is 11.5 Å². The number of aliphatic hydroxyl groups excluding tert-OH is 1. The van der Waals surface area contributed by atoms with E-state index in [2.05, 4.69) is 0 Å². The van der Waals surface area contributed by atoms with Gasteiger partial charge in [0.15, 0.2) is 0 Å². The van der Waals surface area contributed by atoms with E-state index in [-0.39, 0.29) is 22.8 Å². The minimum atomic E-state index is -0.852. The molecule has 1 unspecified atom stereocenters. The number of nitrogens with zero attached hydrogens (tertiary/aromatic N) is 1. The van der Waals surface area contributed by atoms with E-state index in [0.717, 1.165) is 22.4 Å². The number of hydrogen-bond donors (Lipinski definition) is 2. The average Bonchev–Trinajstić information content (AvgIpc) is 3.33. The first-order valence-corrected chi connectivity index (χ1v) is 11.6. The van der Waals surface area contributed by atoms with Gasteiger partial charge in [-0.3, -0.25) is 14.5 Å². The molecule has 170 valence electrons. The van der Waals surface area contributed by atoms with Crippen molar-refractivity contribution in [2.75, 3.05) is 11.5 Å². The van der Waals surface area contributed by atoms with Gasteiger partial charge in [-0.15, -0.1) is 11.3 Å². The number of hydrogen-bond acceptors (Lipinski definition) is 6. The molecule has 1 amide bonds. The Bertz CT molecular complexity index is 1260. The molecule has 0 spiro atoms. The second-order valence-electron chi connectivity index (χ2n) is 7.95. The van der Waals surface area contributed by atoms with Crippen molar-refractivity contribution in [1.82, 2.24) is 0 Å². The minimum absolute atomic E-state index is 0.00423. The average molecular weight is 464 g/mol. The van der Waals surface area contributed by atoms with Gasteiger partial charge in [0.2, 0.25) is 0 Å². The predicted octanol–water partition coefficient (Wildman–Crippen LogP) is 5.49. The van der Waals surface area contributed by atoms with E-state index in [0.29, 0.717) is 17.9 Å². The van der Waals surface area contributed by atoms with Crippen LogP contribution in [-0.2, 0) is 9.59 Å². The molecule has 0 bridgehead atoms. The number of aliphatic hydroxyl groups is 1. The minimum Gasteiger partial charge on any atom is -0.507 e. The molecular formula is C26H25NO5S. The third-order valence-electron chi connectivity index (χ3n) is 5.65. The number of rotatable bonds is 6. The van der Waals surface area contributed by atoms with E-state index in [1.807, 2.05) is 32.2 Å². The Hall–Kier alpha value is -3.58. The topological polar surface area (TPSA) is 87.1 Å². The number of thiophene rings is 1. The molecule has 1 aliphatic rings. The van der Waals surface area contributed by atoms with Gasteiger partial charge < -0.3 is 14.9 Å². The Morgan fingerprint density at radius 1 is 1.09 bits per heavy atom. The highest BCUT2D eigenvalue weighted by Crippen LogP contribution is 2.46. The zero-order chi connectivity index (χ0) is 23.7. The van der Waals surface area contributed by atoms with Gasteiger partial charge in [-0.05, 0) is 73.2 Å². The predicted molar refractivity (Wildman–Crippen MR) is 129 cm³/mol. The summed E-state index contributed by atoms with van der Waals surface area (Å²) in [5, 5.41) is 23.6. The number of anilines is 1. The summed E-state index contributed by atoms with van der Waals surface area (Å²) in [5.74, 6) is -1.26. The zero-order valence-corrected chi connectivity index (χ0v) is 19.5. The summed E-state index contributed by atoms with van der Waals surface area (Å²) in [7, 11) is 0. The third kappa shape index (κ3) is 4.00. The standard InChI is InChI=1S/C26H25NO5S/c1-4-12-32-20-10-9-17(14-16(20)3)23(29)21-22(25-15(2)11-13-33-25)27(26(31)24(21)30)18-7-5-6-8-19(18)28/h5-11,13-14,22,28-29H,4,12H2,1-3H3/b23-21-. The number of carbonyl (C=O) groups is 2. The lowest BCUT2D eigenvalue weighted by Crippen LogP contribution is -2.29. The fraction of sp³-hybridized carbons (Fsp3) is 0.231. The summed E-state index contributed by atoms with van der Waals surface area (Å²) >= 11 is 1.39. The van der Waals surface area contributed by atoms with E-state index in [4.69, 9.17) is 4.74 Å². The molecule has 1 aliphatic heterocycles. The first-order chi connectivity index (χ1) is 15.8. The van der Waals surface area contributed by atoms with Crippen LogP contribution in [0, 0.1) is 13.8 Å². The van der Waals surface area contributed by atoms with Gasteiger partial charge in [-0.2, -0.15) is 0 Å². The van der Waals surface area contributed by atoms with Crippen LogP contribution in [0.4, 0.5) is 5.69 Å². The van der Waals surface area contributed by atoms with Gasteiger partial charge in [0.25, 0.3) is 11.7 Å². The first kappa shape index (κ1) is 22.6. The largest absolute Gasteiger partial charge is 0.507 e. The van der Waals surface area contributed by atoms with Gasteiger partial charge in [0.05, 0.1) is 17.9 Å². The smallest absolute Gasteiger partial charge is 0.300 e. The fourth-order valence-electron chi connectivity index (χ4n) is 3.99. The number of carbonyl (C=O) groups excluding carboxylic acids is 2. The highest BCUT2D eigenvalue weighted by atomic mass is 32.1. The van der Waals surface area contributed by atoms with Crippen molar-refractivity contribution in [3.63, 3.8) is 0 Å². The number of aryl methyl sites for hydroxylation is 2. The Morgan fingerprint density at radius 2 is 1.85 bits per heavy atom. The molecule has 1 atom stereocenters. The van der Waals surface area contributed by atoms with E-state index in [9.17, 15) is 19.8 Å². The third-order valence-corrected chi connectivity index (χ3v) is 6.72. The number of ketones is 1. The fourth-order valence-corrected chi connectivity index (χ4v) is 5.01. The van der Waals surface area contributed by atoms with Crippen molar-refractivity contribution in [2.45, 2.75) is 33.2 Å². The van der Waals surface area contributed by atoms with Crippen LogP contribution in [0.15, 0.2) is 59.5 Å². The van der Waals surface area contributed by atoms with Crippen LogP contribution in [0.3, 0.4) is 0 Å². The summed E-state index contributed by atoms with van der Waals surface area (Å²) in [5.41, 5.74) is 2.33. The number of ether oxygens (including phenoxy) is 1. The lowest BCUT2D eigenvalue weighted by Gasteiger charge is -2.25. The van der Waals surface area contributed by atoms with Crippen LogP contribution in [0.25, 0.3) is 5.76 Å². The number of phenolic OH excluding ortho intramolecular Hbond substituents is 1. The SMILES string of the molecule is CCCOc1ccc(/C(O)=C2/C(=O)C(=O)N(c3ccccc3O)C2c2sccc2C)cc1C. The molecule has 0 radical (unpaired) electrons. The molecule has 4 rings (SSSR count). The van der Waals surface area contributed by atoms with E-state index < -0.39 is 17.7 Å². The molecule has 1 fully saturated rings. The molecule has 1 aromatic heterocycles. The molecule has 0 saturated carbocycles. The number of Topliss-reactive ketones (excluding diaryl/α,β-unsaturated/α-hetero) is 1. The van der Waals surface area contributed by atoms with Gasteiger partial charge >= 0.3 is 0 Å². The maximum atomic E-state index is 13.2. The molecule has 2 aromatic carbocycles. The van der Waals surface area contributed by atoms with Crippen molar-refractivity contribution < 1.29 is 24.5 Å². The maximum absolute atomic E-state index is 13.2. The zero-order valence-electron chi connectivity index (χ0n) is 18.7. The van der Waals surface area contributed by atoms with Gasteiger partial charge in [-0.25, -0.2) is 0 Å². The lowest BCUT2D eigenvalue weighted by molar-refractivity contribution is -0.132. The van der Waals surface area contributed by atoms with Gasteiger partial charge in [0.1, 0.15) is 23.3 Å². The Balaban J connectivity index is 1.89. The van der Waals surface area contributed by atoms with Gasteiger partial charge in [-0.1, -0.05) is 19.1 Å². The highest BCUT2D eigenvalue weighted by Gasteiger charge is 2.48. The monoisotopic (exact) mass is 463 g/mol. The normalized spacial score (nSPS) is 17.5. The summed E-state index contributed by atoms with van der Waals surface area (Å²) in [6.07, 6.45) is 0.872. The number of aromatic hydroxyl groups is 1. The summed E-state index contributed by atoms with van der Waals surface area (Å²) < 4.78 is 5.72. The maximum Gasteiger partial charge on any atom is 0.300 e. The van der Waals surface area contributed by atoms with Crippen molar-refractivity contribution in [3.05, 3.63) is 81.1 Å². The van der Waals surface area contributed by atoms with E-state index in [1.54, 1.807) is 36.4 Å². The Kier molecular flexibility index (Phi) is 6.24. The Labute approximate surface area is 196 Å². The molecule has 2 heterocycles. The summed E-state index contributed by atoms with van der Waals surface area (Å²) in [4.78, 5) is 28.4. The summed E-state index contributed by atoms with van der Waals surface area (Å²) in [6.45, 7) is 6.35. The van der Waals surface area contributed by atoms with Crippen LogP contribution < -0.4 is 9.64 Å². The van der Waals surface area contributed by atoms with Crippen LogP contribution >= 0.6 is 11.3 Å². The van der Waals surface area contributed by atoms with Crippen LogP contribution in [0.1, 0.15) is 41.0 Å². The number of benzene rings is 2. The van der Waals surface area contributed by atoms with Crippen molar-refractivity contribution >= 4 is 34.5 Å². The van der Waals surface area contributed by atoms with E-state index >= 15 is 0 Å². The second-order valence-corrected chi connectivity index (χ2v) is 8.90. The van der Waals surface area contributed by atoms with Crippen LogP contribution in [0.5, 0.6) is 11.5 Å².